The van der Waals surface area contributed by atoms with Crippen molar-refractivity contribution in [1.82, 2.24) is 14.5 Å². The van der Waals surface area contributed by atoms with E-state index in [2.05, 4.69) is 205 Å². The van der Waals surface area contributed by atoms with Crippen LogP contribution in [0.15, 0.2) is 213 Å². The highest BCUT2D eigenvalue weighted by atomic mass is 15.0. The maximum absolute atomic E-state index is 4.72. The lowest BCUT2D eigenvalue weighted by Gasteiger charge is -2.34. The second kappa shape index (κ2) is 12.1. The molecule has 0 N–H and O–H groups in total. The predicted molar refractivity (Wildman–Crippen MR) is 231 cm³/mol. The molecule has 0 spiro atoms. The highest BCUT2D eigenvalue weighted by Gasteiger charge is 2.48. The van der Waals surface area contributed by atoms with Crippen LogP contribution in [0.2, 0.25) is 0 Å². The van der Waals surface area contributed by atoms with E-state index in [1.807, 2.05) is 12.4 Å². The Bertz CT molecular complexity index is 2890. The molecule has 0 radical (unpaired) electrons. The SMILES string of the molecule is c1ccc(-n2c3ccc(C4(c5cccnc5)c5ccccc5-c5ccccc54)cc3c3cc(C4(c5cccnc5)c5ccccc5-c5ccccc54)ccc32)cc1. The van der Waals surface area contributed by atoms with Gasteiger partial charge in [0, 0.05) is 41.2 Å². The second-order valence-electron chi connectivity index (χ2n) is 15.3. The van der Waals surface area contributed by atoms with Gasteiger partial charge in [-0.3, -0.25) is 9.97 Å². The summed E-state index contributed by atoms with van der Waals surface area (Å²) in [6, 6.07) is 69.4. The molecule has 12 rings (SSSR count). The lowest BCUT2D eigenvalue weighted by atomic mass is 9.67. The van der Waals surface area contributed by atoms with E-state index in [9.17, 15) is 0 Å². The lowest BCUT2D eigenvalue weighted by Crippen LogP contribution is -2.28. The second-order valence-corrected chi connectivity index (χ2v) is 15.3. The minimum Gasteiger partial charge on any atom is -0.309 e. The van der Waals surface area contributed by atoms with E-state index >= 15 is 0 Å². The highest BCUT2D eigenvalue weighted by Crippen LogP contribution is 2.58. The Hall–Kier alpha value is -7.36. The quantitative estimate of drug-likeness (QED) is 0.177. The summed E-state index contributed by atoms with van der Waals surface area (Å²) in [4.78, 5) is 9.44. The van der Waals surface area contributed by atoms with Crippen LogP contribution in [-0.4, -0.2) is 14.5 Å². The Balaban J connectivity index is 1.21. The molecule has 0 bridgehead atoms. The normalized spacial score (nSPS) is 14.2. The van der Waals surface area contributed by atoms with Gasteiger partial charge in [-0.2, -0.15) is 0 Å². The molecule has 0 atom stereocenters. The number of nitrogens with zero attached hydrogens (tertiary/aromatic N) is 3. The van der Waals surface area contributed by atoms with Gasteiger partial charge in [-0.05, 0) is 115 Å². The summed E-state index contributed by atoms with van der Waals surface area (Å²) < 4.78 is 2.43. The summed E-state index contributed by atoms with van der Waals surface area (Å²) >= 11 is 0. The zero-order valence-electron chi connectivity index (χ0n) is 31.0. The number of rotatable bonds is 5. The van der Waals surface area contributed by atoms with Crippen molar-refractivity contribution >= 4 is 21.8 Å². The molecule has 57 heavy (non-hydrogen) atoms. The van der Waals surface area contributed by atoms with E-state index in [1.54, 1.807) is 0 Å². The zero-order chi connectivity index (χ0) is 37.6. The van der Waals surface area contributed by atoms with Crippen molar-refractivity contribution in [3.05, 3.63) is 257 Å². The van der Waals surface area contributed by atoms with Crippen molar-refractivity contribution in [2.75, 3.05) is 0 Å². The fourth-order valence-electron chi connectivity index (χ4n) is 10.6. The molecule has 2 aliphatic carbocycles. The summed E-state index contributed by atoms with van der Waals surface area (Å²) in [6.45, 7) is 0. The number of aromatic nitrogens is 3. The van der Waals surface area contributed by atoms with Gasteiger partial charge in [0.25, 0.3) is 0 Å². The summed E-state index contributed by atoms with van der Waals surface area (Å²) in [5, 5.41) is 2.42. The van der Waals surface area contributed by atoms with Gasteiger partial charge in [0.1, 0.15) is 0 Å². The topological polar surface area (TPSA) is 30.7 Å². The van der Waals surface area contributed by atoms with Crippen molar-refractivity contribution in [2.24, 2.45) is 0 Å². The summed E-state index contributed by atoms with van der Waals surface area (Å²) in [6.07, 6.45) is 7.86. The van der Waals surface area contributed by atoms with Crippen LogP contribution in [0.5, 0.6) is 0 Å². The number of benzene rings is 7. The molecule has 3 nitrogen and oxygen atoms in total. The third-order valence-electron chi connectivity index (χ3n) is 12.7. The monoisotopic (exact) mass is 725 g/mol. The minimum absolute atomic E-state index is 0.561. The van der Waals surface area contributed by atoms with Crippen LogP contribution in [0.4, 0.5) is 0 Å². The fraction of sp³-hybridized carbons (Fsp3) is 0.0370. The largest absolute Gasteiger partial charge is 0.309 e. The third kappa shape index (κ3) is 4.20. The molecular weight excluding hydrogens is 691 g/mol. The Kier molecular flexibility index (Phi) is 6.76. The Morgan fingerprint density at radius 2 is 0.719 bits per heavy atom. The predicted octanol–water partition coefficient (Wildman–Crippen LogP) is 12.3. The first-order valence-corrected chi connectivity index (χ1v) is 19.6. The van der Waals surface area contributed by atoms with E-state index in [0.717, 1.165) is 16.8 Å². The maximum atomic E-state index is 4.72. The average Bonchev–Trinajstić information content (AvgIpc) is 3.90. The number of fused-ring (bicyclic) bond motifs is 9. The highest BCUT2D eigenvalue weighted by molar-refractivity contribution is 6.10. The standard InChI is InChI=1S/C54H35N3/c1-2-16-40(17-3-1)57-51-28-26-36(53(38-14-12-30-55-34-38)47-22-8-4-18-41(47)42-19-5-9-23-48(42)53)32-45(51)46-33-37(27-29-52(46)57)54(39-15-13-31-56-35-39)49-24-10-6-20-43(49)44-21-7-11-25-50(44)54/h1-35H. The molecule has 0 saturated heterocycles. The van der Waals surface area contributed by atoms with Gasteiger partial charge < -0.3 is 4.57 Å². The van der Waals surface area contributed by atoms with Gasteiger partial charge in [0.2, 0.25) is 0 Å². The average molecular weight is 726 g/mol. The van der Waals surface area contributed by atoms with Gasteiger partial charge in [-0.15, -0.1) is 0 Å². The number of pyridine rings is 2. The molecule has 3 heteroatoms. The summed E-state index contributed by atoms with van der Waals surface area (Å²) in [5.41, 5.74) is 17.3. The first-order valence-electron chi connectivity index (χ1n) is 19.6. The number of hydrogen-bond acceptors (Lipinski definition) is 2. The van der Waals surface area contributed by atoms with Gasteiger partial charge in [0.15, 0.2) is 0 Å². The number of hydrogen-bond donors (Lipinski definition) is 0. The van der Waals surface area contributed by atoms with E-state index < -0.39 is 10.8 Å². The van der Waals surface area contributed by atoms with Crippen molar-refractivity contribution < 1.29 is 0 Å². The summed E-state index contributed by atoms with van der Waals surface area (Å²) in [7, 11) is 0. The molecule has 0 saturated carbocycles. The maximum Gasteiger partial charge on any atom is 0.0728 e. The van der Waals surface area contributed by atoms with Crippen molar-refractivity contribution in [2.45, 2.75) is 10.8 Å². The molecule has 7 aromatic carbocycles. The minimum atomic E-state index is -0.561. The lowest BCUT2D eigenvalue weighted by molar-refractivity contribution is 0.763. The van der Waals surface area contributed by atoms with Crippen molar-refractivity contribution in [1.29, 1.82) is 0 Å². The Labute approximate surface area is 331 Å². The Morgan fingerprint density at radius 1 is 0.333 bits per heavy atom. The molecule has 2 aliphatic rings. The van der Waals surface area contributed by atoms with Crippen molar-refractivity contribution in [3.8, 4) is 27.9 Å². The molecule has 10 aromatic rings. The van der Waals surface area contributed by atoms with Crippen LogP contribution in [-0.2, 0) is 10.8 Å². The summed E-state index contributed by atoms with van der Waals surface area (Å²) in [5.74, 6) is 0. The van der Waals surface area contributed by atoms with Gasteiger partial charge in [-0.25, -0.2) is 0 Å². The van der Waals surface area contributed by atoms with Crippen LogP contribution >= 0.6 is 0 Å². The van der Waals surface area contributed by atoms with Crippen LogP contribution in [0.25, 0.3) is 49.7 Å². The molecular formula is C54H35N3. The molecule has 3 heterocycles. The molecule has 0 amide bonds. The molecule has 0 unspecified atom stereocenters. The van der Waals surface area contributed by atoms with E-state index in [1.165, 1.54) is 77.4 Å². The zero-order valence-corrected chi connectivity index (χ0v) is 31.0. The van der Waals surface area contributed by atoms with Crippen LogP contribution < -0.4 is 0 Å². The van der Waals surface area contributed by atoms with E-state index in [0.29, 0.717) is 0 Å². The first kappa shape index (κ1) is 31.9. The smallest absolute Gasteiger partial charge is 0.0728 e. The van der Waals surface area contributed by atoms with Crippen LogP contribution in [0.3, 0.4) is 0 Å². The van der Waals surface area contributed by atoms with Gasteiger partial charge in [0.05, 0.1) is 21.9 Å². The first-order chi connectivity index (χ1) is 28.3. The van der Waals surface area contributed by atoms with Gasteiger partial charge >= 0.3 is 0 Å². The van der Waals surface area contributed by atoms with E-state index in [-0.39, 0.29) is 0 Å². The van der Waals surface area contributed by atoms with Crippen LogP contribution in [0.1, 0.15) is 44.5 Å². The molecule has 266 valence electrons. The Morgan fingerprint density at radius 3 is 1.11 bits per heavy atom. The number of para-hydroxylation sites is 1. The molecule has 3 aromatic heterocycles. The van der Waals surface area contributed by atoms with Crippen molar-refractivity contribution in [3.63, 3.8) is 0 Å². The third-order valence-corrected chi connectivity index (χ3v) is 12.7. The van der Waals surface area contributed by atoms with E-state index in [4.69, 9.17) is 9.97 Å². The molecule has 0 fully saturated rings. The van der Waals surface area contributed by atoms with Crippen LogP contribution in [0, 0.1) is 0 Å². The molecule has 0 aliphatic heterocycles. The van der Waals surface area contributed by atoms with Gasteiger partial charge in [-0.1, -0.05) is 140 Å². The fourth-order valence-corrected chi connectivity index (χ4v) is 10.6.